The largest absolute Gasteiger partial charge is 0.398 e. The number of rotatable bonds is 3. The molecule has 0 saturated heterocycles. The molecule has 0 amide bonds. The van der Waals surface area contributed by atoms with E-state index in [1.54, 1.807) is 23.1 Å². The minimum Gasteiger partial charge on any atom is -0.398 e. The third-order valence-electron chi connectivity index (χ3n) is 2.88. The molecule has 4 heteroatoms. The minimum absolute atomic E-state index is 0.824. The maximum Gasteiger partial charge on any atom is 0.0632 e. The quantitative estimate of drug-likeness (QED) is 0.516. The Morgan fingerprint density at radius 1 is 1.05 bits per heavy atom. The lowest BCUT2D eigenvalue weighted by molar-refractivity contribution is 1.43. The molecule has 96 valence electrons. The number of halogens is 1. The molecule has 19 heavy (non-hydrogen) atoms. The van der Waals surface area contributed by atoms with E-state index >= 15 is 0 Å². The van der Waals surface area contributed by atoms with Crippen LogP contribution in [0.4, 0.5) is 5.69 Å². The Morgan fingerprint density at radius 2 is 1.79 bits per heavy atom. The predicted octanol–water partition coefficient (Wildman–Crippen LogP) is 5.43. The fourth-order valence-corrected chi connectivity index (χ4v) is 4.54. The molecule has 1 nitrogen and oxygen atoms in total. The number of nitrogens with two attached hydrogens (primary N) is 1. The van der Waals surface area contributed by atoms with Gasteiger partial charge in [-0.15, -0.1) is 23.1 Å². The van der Waals surface area contributed by atoms with Gasteiger partial charge >= 0.3 is 0 Å². The molecule has 1 aromatic heterocycles. The number of fused-ring (bicyclic) bond motifs is 1. The van der Waals surface area contributed by atoms with Crippen molar-refractivity contribution in [2.75, 3.05) is 5.73 Å². The van der Waals surface area contributed by atoms with Crippen LogP contribution in [0.5, 0.6) is 0 Å². The van der Waals surface area contributed by atoms with Crippen molar-refractivity contribution in [2.45, 2.75) is 10.6 Å². The SMILES string of the molecule is Nc1ccccc1SCc1sc2ccccc2c1Cl. The zero-order valence-electron chi connectivity index (χ0n) is 10.1. The van der Waals surface area contributed by atoms with E-state index in [1.165, 1.54) is 9.58 Å². The standard InChI is InChI=1S/C15H12ClNS2/c16-15-10-5-1-3-7-12(10)19-14(15)9-18-13-8-4-2-6-11(13)17/h1-8H,9,17H2. The lowest BCUT2D eigenvalue weighted by atomic mass is 10.2. The van der Waals surface area contributed by atoms with Crippen LogP contribution in [-0.2, 0) is 5.75 Å². The van der Waals surface area contributed by atoms with Gasteiger partial charge in [-0.25, -0.2) is 0 Å². The number of benzene rings is 2. The highest BCUT2D eigenvalue weighted by Gasteiger charge is 2.10. The summed E-state index contributed by atoms with van der Waals surface area (Å²) in [5.74, 6) is 0.854. The van der Waals surface area contributed by atoms with Crippen molar-refractivity contribution in [3.8, 4) is 0 Å². The van der Waals surface area contributed by atoms with E-state index in [0.717, 1.165) is 26.7 Å². The molecule has 0 radical (unpaired) electrons. The van der Waals surface area contributed by atoms with Crippen LogP contribution in [-0.4, -0.2) is 0 Å². The molecule has 1 heterocycles. The number of anilines is 1. The number of hydrogen-bond acceptors (Lipinski definition) is 3. The van der Waals surface area contributed by atoms with E-state index in [2.05, 4.69) is 12.1 Å². The van der Waals surface area contributed by atoms with E-state index in [0.29, 0.717) is 0 Å². The molecular formula is C15H12ClNS2. The highest BCUT2D eigenvalue weighted by Crippen LogP contribution is 2.39. The predicted molar refractivity (Wildman–Crippen MR) is 87.3 cm³/mol. The second-order valence-corrected chi connectivity index (χ2v) is 6.69. The van der Waals surface area contributed by atoms with Gasteiger partial charge in [-0.2, -0.15) is 0 Å². The first kappa shape index (κ1) is 12.9. The van der Waals surface area contributed by atoms with Crippen LogP contribution in [0.15, 0.2) is 53.4 Å². The first-order chi connectivity index (χ1) is 9.25. The van der Waals surface area contributed by atoms with Crippen molar-refractivity contribution in [3.05, 3.63) is 58.4 Å². The Hall–Kier alpha value is -1.16. The molecule has 0 aliphatic heterocycles. The van der Waals surface area contributed by atoms with Crippen molar-refractivity contribution in [3.63, 3.8) is 0 Å². The van der Waals surface area contributed by atoms with Gasteiger partial charge in [0, 0.05) is 31.3 Å². The second kappa shape index (κ2) is 5.45. The van der Waals surface area contributed by atoms with Crippen molar-refractivity contribution < 1.29 is 0 Å². The lowest BCUT2D eigenvalue weighted by Gasteiger charge is -2.03. The summed E-state index contributed by atoms with van der Waals surface area (Å²) in [6.45, 7) is 0. The van der Waals surface area contributed by atoms with Gasteiger partial charge in [0.05, 0.1) is 5.02 Å². The molecule has 0 atom stereocenters. The summed E-state index contributed by atoms with van der Waals surface area (Å²) < 4.78 is 1.24. The van der Waals surface area contributed by atoms with Gasteiger partial charge in [0.1, 0.15) is 0 Å². The van der Waals surface area contributed by atoms with Crippen molar-refractivity contribution >= 4 is 50.5 Å². The first-order valence-electron chi connectivity index (χ1n) is 5.89. The third kappa shape index (κ3) is 2.59. The van der Waals surface area contributed by atoms with Crippen LogP contribution in [0.2, 0.25) is 5.02 Å². The topological polar surface area (TPSA) is 26.0 Å². The molecule has 0 unspecified atom stereocenters. The van der Waals surface area contributed by atoms with Crippen LogP contribution in [0.3, 0.4) is 0 Å². The van der Waals surface area contributed by atoms with Crippen molar-refractivity contribution in [1.82, 2.24) is 0 Å². The van der Waals surface area contributed by atoms with Gasteiger partial charge in [0.15, 0.2) is 0 Å². The molecule has 0 saturated carbocycles. The summed E-state index contributed by atoms with van der Waals surface area (Å²) in [5.41, 5.74) is 6.77. The number of nitrogen functional groups attached to an aromatic ring is 1. The Kier molecular flexibility index (Phi) is 3.69. The highest BCUT2D eigenvalue weighted by molar-refractivity contribution is 7.98. The van der Waals surface area contributed by atoms with Crippen LogP contribution >= 0.6 is 34.7 Å². The summed E-state index contributed by atoms with van der Waals surface area (Å²) in [5, 5.41) is 2.02. The van der Waals surface area contributed by atoms with Crippen LogP contribution in [0.25, 0.3) is 10.1 Å². The van der Waals surface area contributed by atoms with Crippen LogP contribution < -0.4 is 5.73 Å². The van der Waals surface area contributed by atoms with E-state index in [1.807, 2.05) is 36.4 Å². The van der Waals surface area contributed by atoms with Gasteiger partial charge in [0.25, 0.3) is 0 Å². The smallest absolute Gasteiger partial charge is 0.0632 e. The monoisotopic (exact) mass is 305 g/mol. The number of hydrogen-bond donors (Lipinski definition) is 1. The normalized spacial score (nSPS) is 11.0. The van der Waals surface area contributed by atoms with Crippen LogP contribution in [0.1, 0.15) is 4.88 Å². The average molecular weight is 306 g/mol. The number of para-hydroxylation sites is 1. The minimum atomic E-state index is 0.824. The Labute approximate surface area is 125 Å². The molecular weight excluding hydrogens is 294 g/mol. The Morgan fingerprint density at radius 3 is 2.58 bits per heavy atom. The molecule has 2 N–H and O–H groups in total. The highest BCUT2D eigenvalue weighted by atomic mass is 35.5. The maximum absolute atomic E-state index is 6.43. The van der Waals surface area contributed by atoms with Crippen molar-refractivity contribution in [1.29, 1.82) is 0 Å². The molecule has 0 spiro atoms. The molecule has 2 aromatic carbocycles. The summed E-state index contributed by atoms with van der Waals surface area (Å²) >= 11 is 9.91. The van der Waals surface area contributed by atoms with E-state index < -0.39 is 0 Å². The van der Waals surface area contributed by atoms with E-state index in [-0.39, 0.29) is 0 Å². The van der Waals surface area contributed by atoms with Crippen molar-refractivity contribution in [2.24, 2.45) is 0 Å². The van der Waals surface area contributed by atoms with Gasteiger partial charge in [-0.3, -0.25) is 0 Å². The second-order valence-electron chi connectivity index (χ2n) is 4.16. The fraction of sp³-hybridized carbons (Fsp3) is 0.0667. The Bertz CT molecular complexity index is 721. The summed E-state index contributed by atoms with van der Waals surface area (Å²) in [4.78, 5) is 2.31. The molecule has 0 aliphatic carbocycles. The van der Waals surface area contributed by atoms with E-state index in [9.17, 15) is 0 Å². The molecule has 0 bridgehead atoms. The number of thioether (sulfide) groups is 1. The molecule has 0 aliphatic rings. The molecule has 3 rings (SSSR count). The van der Waals surface area contributed by atoms with Crippen LogP contribution in [0, 0.1) is 0 Å². The van der Waals surface area contributed by atoms with Gasteiger partial charge in [0.2, 0.25) is 0 Å². The first-order valence-corrected chi connectivity index (χ1v) is 8.07. The summed E-state index contributed by atoms with van der Waals surface area (Å²) in [7, 11) is 0. The van der Waals surface area contributed by atoms with Gasteiger partial charge in [-0.05, 0) is 18.2 Å². The average Bonchev–Trinajstić information content (AvgIpc) is 2.75. The zero-order chi connectivity index (χ0) is 13.2. The van der Waals surface area contributed by atoms with Gasteiger partial charge in [-0.1, -0.05) is 41.9 Å². The molecule has 0 fully saturated rings. The van der Waals surface area contributed by atoms with Gasteiger partial charge < -0.3 is 5.73 Å². The summed E-state index contributed by atoms with van der Waals surface area (Å²) in [6, 6.07) is 16.2. The Balaban J connectivity index is 1.86. The van der Waals surface area contributed by atoms with E-state index in [4.69, 9.17) is 17.3 Å². The third-order valence-corrected chi connectivity index (χ3v) is 5.89. The summed E-state index contributed by atoms with van der Waals surface area (Å²) in [6.07, 6.45) is 0. The zero-order valence-corrected chi connectivity index (χ0v) is 12.5. The lowest BCUT2D eigenvalue weighted by Crippen LogP contribution is -1.87. The molecule has 3 aromatic rings. The maximum atomic E-state index is 6.43. The number of thiophene rings is 1. The fourth-order valence-electron chi connectivity index (χ4n) is 1.91.